The van der Waals surface area contributed by atoms with Gasteiger partial charge in [0.2, 0.25) is 15.9 Å². The average molecular weight is 494 g/mol. The maximum atomic E-state index is 12.9. The van der Waals surface area contributed by atoms with Gasteiger partial charge in [-0.1, -0.05) is 41.7 Å². The molecule has 2 N–H and O–H groups in total. The highest BCUT2D eigenvalue weighted by Gasteiger charge is 2.30. The molecule has 1 saturated heterocycles. The van der Waals surface area contributed by atoms with E-state index in [2.05, 4.69) is 20.8 Å². The third-order valence-corrected chi connectivity index (χ3v) is 6.87. The third-order valence-electron chi connectivity index (χ3n) is 5.96. The maximum absolute atomic E-state index is 12.9. The van der Waals surface area contributed by atoms with E-state index < -0.39 is 5.91 Å². The van der Waals surface area contributed by atoms with Crippen LogP contribution >= 0.6 is 11.3 Å². The molecule has 1 fully saturated rings. The van der Waals surface area contributed by atoms with Gasteiger partial charge in [0, 0.05) is 24.7 Å². The minimum Gasteiger partial charge on any atom is -0.497 e. The summed E-state index contributed by atoms with van der Waals surface area (Å²) in [5.41, 5.74) is 1.64. The highest BCUT2D eigenvalue weighted by molar-refractivity contribution is 7.15. The molecule has 2 heterocycles. The van der Waals surface area contributed by atoms with Crippen molar-refractivity contribution >= 4 is 34.7 Å². The number of methoxy groups -OCH3 is 1. The second-order valence-corrected chi connectivity index (χ2v) is 9.28. The van der Waals surface area contributed by atoms with Crippen LogP contribution in [-0.2, 0) is 4.79 Å². The Bertz CT molecular complexity index is 1170. The summed E-state index contributed by atoms with van der Waals surface area (Å²) < 4.78 is 5.10. The highest BCUT2D eigenvalue weighted by Crippen LogP contribution is 2.23. The molecule has 0 radical (unpaired) electrons. The first-order valence-corrected chi connectivity index (χ1v) is 12.2. The van der Waals surface area contributed by atoms with E-state index in [9.17, 15) is 14.4 Å². The number of anilines is 1. The number of benzene rings is 2. The molecule has 0 unspecified atom stereocenters. The summed E-state index contributed by atoms with van der Waals surface area (Å²) in [6.07, 6.45) is 1.14. The number of hydrogen-bond acceptors (Lipinski definition) is 7. The van der Waals surface area contributed by atoms with E-state index >= 15 is 0 Å². The van der Waals surface area contributed by atoms with Gasteiger partial charge in [0.1, 0.15) is 5.75 Å². The number of ether oxygens (including phenoxy) is 1. The van der Waals surface area contributed by atoms with Crippen molar-refractivity contribution in [1.29, 1.82) is 0 Å². The molecular formula is C25H27N5O4S. The van der Waals surface area contributed by atoms with E-state index in [1.807, 2.05) is 37.3 Å². The van der Waals surface area contributed by atoms with Crippen LogP contribution in [0.4, 0.5) is 5.69 Å². The maximum Gasteiger partial charge on any atom is 0.286 e. The van der Waals surface area contributed by atoms with E-state index in [0.717, 1.165) is 16.9 Å². The zero-order valence-electron chi connectivity index (χ0n) is 19.6. The van der Waals surface area contributed by atoms with Crippen molar-refractivity contribution in [2.75, 3.05) is 25.5 Å². The summed E-state index contributed by atoms with van der Waals surface area (Å²) in [5, 5.41) is 13.9. The Labute approximate surface area is 207 Å². The fourth-order valence-electron chi connectivity index (χ4n) is 3.90. The van der Waals surface area contributed by atoms with Crippen LogP contribution in [-0.4, -0.2) is 53.0 Å². The molecule has 3 amide bonds. The first kappa shape index (κ1) is 24.3. The van der Waals surface area contributed by atoms with Crippen LogP contribution in [0.1, 0.15) is 51.0 Å². The molecule has 1 aromatic heterocycles. The van der Waals surface area contributed by atoms with Crippen molar-refractivity contribution in [1.82, 2.24) is 20.4 Å². The Morgan fingerprint density at radius 2 is 1.66 bits per heavy atom. The number of nitrogens with one attached hydrogen (secondary N) is 2. The largest absolute Gasteiger partial charge is 0.497 e. The van der Waals surface area contributed by atoms with Crippen molar-refractivity contribution in [3.05, 3.63) is 70.2 Å². The summed E-state index contributed by atoms with van der Waals surface area (Å²) in [6.45, 7) is 2.86. The Kier molecular flexibility index (Phi) is 7.71. The number of aromatic nitrogens is 2. The molecule has 4 rings (SSSR count). The minimum atomic E-state index is -0.436. The zero-order chi connectivity index (χ0) is 24.8. The number of nitrogens with zero attached hydrogens (tertiary/aromatic N) is 3. The number of likely N-dealkylation sites (tertiary alicyclic amines) is 1. The number of piperidine rings is 1. The fourth-order valence-corrected chi connectivity index (χ4v) is 4.60. The molecule has 0 saturated carbocycles. The number of rotatable bonds is 7. The van der Waals surface area contributed by atoms with Gasteiger partial charge in [-0.2, -0.15) is 0 Å². The molecule has 2 aromatic carbocycles. The lowest BCUT2D eigenvalue weighted by Crippen LogP contribution is -2.43. The van der Waals surface area contributed by atoms with Gasteiger partial charge in [-0.05, 0) is 49.6 Å². The van der Waals surface area contributed by atoms with Gasteiger partial charge in [-0.15, -0.1) is 10.2 Å². The van der Waals surface area contributed by atoms with Crippen LogP contribution in [0, 0.1) is 5.92 Å². The van der Waals surface area contributed by atoms with Crippen molar-refractivity contribution in [2.24, 2.45) is 5.92 Å². The van der Waals surface area contributed by atoms with Gasteiger partial charge < -0.3 is 20.3 Å². The number of amides is 3. The van der Waals surface area contributed by atoms with E-state index in [1.54, 1.807) is 36.3 Å². The van der Waals surface area contributed by atoms with Crippen LogP contribution < -0.4 is 15.4 Å². The van der Waals surface area contributed by atoms with Crippen molar-refractivity contribution < 1.29 is 19.1 Å². The van der Waals surface area contributed by atoms with Gasteiger partial charge in [0.05, 0.1) is 13.2 Å². The Balaban J connectivity index is 1.28. The monoisotopic (exact) mass is 493 g/mol. The summed E-state index contributed by atoms with van der Waals surface area (Å²) in [7, 11) is 1.57. The molecule has 3 aromatic rings. The smallest absolute Gasteiger partial charge is 0.286 e. The quantitative estimate of drug-likeness (QED) is 0.521. The number of carbonyl (C=O) groups is 3. The number of carbonyl (C=O) groups excluding carboxylic acids is 3. The van der Waals surface area contributed by atoms with Crippen LogP contribution in [0.15, 0.2) is 54.6 Å². The van der Waals surface area contributed by atoms with Crippen molar-refractivity contribution in [2.45, 2.75) is 25.8 Å². The SMILES string of the molecule is COc1ccc(NC(=O)c2nnc(C(=O)N3CCC(C(=O)N[C@@H](C)c4ccccc4)CC3)s2)cc1. The molecule has 1 atom stereocenters. The van der Waals surface area contributed by atoms with Gasteiger partial charge in [0.25, 0.3) is 11.8 Å². The summed E-state index contributed by atoms with van der Waals surface area (Å²) in [6, 6.07) is 16.6. The standard InChI is InChI=1S/C25H27N5O4S/c1-16(17-6-4-3-5-7-17)26-21(31)18-12-14-30(15-13-18)25(33)24-29-28-23(35-24)22(32)27-19-8-10-20(34-2)11-9-19/h3-11,16,18H,12-15H2,1-2H3,(H,26,31)(H,27,32)/t16-/m0/s1. The normalized spacial score (nSPS) is 14.7. The Morgan fingerprint density at radius 1 is 1.00 bits per heavy atom. The molecule has 35 heavy (non-hydrogen) atoms. The van der Waals surface area contributed by atoms with E-state index in [-0.39, 0.29) is 33.8 Å². The molecule has 9 nitrogen and oxygen atoms in total. The molecule has 0 bridgehead atoms. The third kappa shape index (κ3) is 6.02. The molecule has 0 spiro atoms. The summed E-state index contributed by atoms with van der Waals surface area (Å²) >= 11 is 0.953. The van der Waals surface area contributed by atoms with E-state index in [1.165, 1.54) is 0 Å². The van der Waals surface area contributed by atoms with Gasteiger partial charge in [-0.3, -0.25) is 14.4 Å². The number of hydrogen-bond donors (Lipinski definition) is 2. The summed E-state index contributed by atoms with van der Waals surface area (Å²) in [5.74, 6) is -0.178. The molecule has 1 aliphatic heterocycles. The van der Waals surface area contributed by atoms with Crippen LogP contribution in [0.3, 0.4) is 0 Å². The zero-order valence-corrected chi connectivity index (χ0v) is 20.4. The van der Waals surface area contributed by atoms with Gasteiger partial charge >= 0.3 is 0 Å². The molecule has 0 aliphatic carbocycles. The minimum absolute atomic E-state index is 0.00172. The lowest BCUT2D eigenvalue weighted by atomic mass is 9.95. The second kappa shape index (κ2) is 11.1. The van der Waals surface area contributed by atoms with Crippen molar-refractivity contribution in [3.63, 3.8) is 0 Å². The van der Waals surface area contributed by atoms with E-state index in [0.29, 0.717) is 37.4 Å². The fraction of sp³-hybridized carbons (Fsp3) is 0.320. The molecule has 1 aliphatic rings. The molecule has 182 valence electrons. The molecular weight excluding hydrogens is 466 g/mol. The Morgan fingerprint density at radius 3 is 2.31 bits per heavy atom. The average Bonchev–Trinajstić information content (AvgIpc) is 3.40. The van der Waals surface area contributed by atoms with Crippen LogP contribution in [0.25, 0.3) is 0 Å². The topological polar surface area (TPSA) is 114 Å². The van der Waals surface area contributed by atoms with E-state index in [4.69, 9.17) is 4.74 Å². The lowest BCUT2D eigenvalue weighted by Gasteiger charge is -2.31. The second-order valence-electron chi connectivity index (χ2n) is 8.30. The van der Waals surface area contributed by atoms with Gasteiger partial charge in [0.15, 0.2) is 0 Å². The predicted octanol–water partition coefficient (Wildman–Crippen LogP) is 3.53. The van der Waals surface area contributed by atoms with Crippen molar-refractivity contribution in [3.8, 4) is 5.75 Å². The van der Waals surface area contributed by atoms with Gasteiger partial charge in [-0.25, -0.2) is 0 Å². The van der Waals surface area contributed by atoms with Crippen LogP contribution in [0.5, 0.6) is 5.75 Å². The first-order valence-electron chi connectivity index (χ1n) is 11.4. The summed E-state index contributed by atoms with van der Waals surface area (Å²) in [4.78, 5) is 39.7. The van der Waals surface area contributed by atoms with Crippen LogP contribution in [0.2, 0.25) is 0 Å². The lowest BCUT2D eigenvalue weighted by molar-refractivity contribution is -0.127. The molecule has 10 heteroatoms. The predicted molar refractivity (Wildman–Crippen MR) is 132 cm³/mol. The Hall–Kier alpha value is -3.79. The first-order chi connectivity index (χ1) is 16.9. The highest BCUT2D eigenvalue weighted by atomic mass is 32.1.